The number of aromatic amines is 1. The highest BCUT2D eigenvalue weighted by molar-refractivity contribution is 6.07. The molecule has 0 fully saturated rings. The molecule has 1 heterocycles. The van der Waals surface area contributed by atoms with Crippen molar-refractivity contribution >= 4 is 21.8 Å². The minimum atomic E-state index is 0.415. The van der Waals surface area contributed by atoms with E-state index in [0.717, 1.165) is 0 Å². The second kappa shape index (κ2) is 5.29. The van der Waals surface area contributed by atoms with Crippen molar-refractivity contribution in [3.63, 3.8) is 0 Å². The van der Waals surface area contributed by atoms with Gasteiger partial charge in [0.05, 0.1) is 0 Å². The Labute approximate surface area is 120 Å². The molecule has 0 aliphatic rings. The van der Waals surface area contributed by atoms with Gasteiger partial charge in [0.2, 0.25) is 0 Å². The van der Waals surface area contributed by atoms with Gasteiger partial charge in [-0.1, -0.05) is 44.5 Å². The number of para-hydroxylation sites is 1. The fourth-order valence-corrected chi connectivity index (χ4v) is 3.07. The van der Waals surface area contributed by atoms with Crippen LogP contribution in [0.15, 0.2) is 42.5 Å². The van der Waals surface area contributed by atoms with E-state index in [4.69, 9.17) is 0 Å². The van der Waals surface area contributed by atoms with E-state index in [1.54, 1.807) is 0 Å². The quantitative estimate of drug-likeness (QED) is 0.708. The lowest BCUT2D eigenvalue weighted by Crippen LogP contribution is -2.22. The molecule has 2 N–H and O–H groups in total. The SMILES string of the molecule is CCC(C)C(NC)c1ccc2[nH]c3ccccc3c2c1. The molecule has 1 aromatic heterocycles. The molecular formula is C18H22N2. The molecule has 0 saturated heterocycles. The molecule has 0 aliphatic heterocycles. The Bertz CT molecular complexity index is 726. The second-order valence-electron chi connectivity index (χ2n) is 5.63. The van der Waals surface area contributed by atoms with Crippen molar-refractivity contribution < 1.29 is 0 Å². The van der Waals surface area contributed by atoms with Gasteiger partial charge in [0.1, 0.15) is 0 Å². The zero-order valence-electron chi connectivity index (χ0n) is 12.4. The molecule has 0 bridgehead atoms. The van der Waals surface area contributed by atoms with Crippen molar-refractivity contribution in [2.75, 3.05) is 7.05 Å². The van der Waals surface area contributed by atoms with Gasteiger partial charge in [-0.25, -0.2) is 0 Å². The van der Waals surface area contributed by atoms with Crippen LogP contribution in [-0.4, -0.2) is 12.0 Å². The molecule has 2 nitrogen and oxygen atoms in total. The topological polar surface area (TPSA) is 27.8 Å². The molecule has 20 heavy (non-hydrogen) atoms. The third-order valence-corrected chi connectivity index (χ3v) is 4.41. The van der Waals surface area contributed by atoms with Gasteiger partial charge >= 0.3 is 0 Å². The minimum Gasteiger partial charge on any atom is -0.355 e. The largest absolute Gasteiger partial charge is 0.355 e. The van der Waals surface area contributed by atoms with Crippen molar-refractivity contribution in [1.82, 2.24) is 10.3 Å². The van der Waals surface area contributed by atoms with Crippen molar-refractivity contribution in [3.8, 4) is 0 Å². The van der Waals surface area contributed by atoms with E-state index in [1.165, 1.54) is 33.8 Å². The van der Waals surface area contributed by atoms with Gasteiger partial charge in [-0.3, -0.25) is 0 Å². The summed E-state index contributed by atoms with van der Waals surface area (Å²) in [7, 11) is 2.05. The Hall–Kier alpha value is -1.80. The number of nitrogens with one attached hydrogen (secondary N) is 2. The van der Waals surface area contributed by atoms with Crippen LogP contribution in [-0.2, 0) is 0 Å². The molecular weight excluding hydrogens is 244 g/mol. The van der Waals surface area contributed by atoms with Crippen molar-refractivity contribution in [2.45, 2.75) is 26.3 Å². The van der Waals surface area contributed by atoms with Crippen LogP contribution in [0.3, 0.4) is 0 Å². The Morgan fingerprint density at radius 1 is 1.05 bits per heavy atom. The van der Waals surface area contributed by atoms with Gasteiger partial charge in [0, 0.05) is 27.8 Å². The van der Waals surface area contributed by atoms with E-state index in [-0.39, 0.29) is 0 Å². The van der Waals surface area contributed by atoms with Crippen LogP contribution in [0.4, 0.5) is 0 Å². The van der Waals surface area contributed by atoms with Crippen LogP contribution >= 0.6 is 0 Å². The van der Waals surface area contributed by atoms with E-state index in [0.29, 0.717) is 12.0 Å². The molecule has 0 saturated carbocycles. The molecule has 0 spiro atoms. The average molecular weight is 266 g/mol. The Kier molecular flexibility index (Phi) is 3.49. The molecule has 3 aromatic rings. The first kappa shape index (κ1) is 13.2. The van der Waals surface area contributed by atoms with Crippen LogP contribution in [0.2, 0.25) is 0 Å². The van der Waals surface area contributed by atoms with Crippen molar-refractivity contribution in [2.24, 2.45) is 5.92 Å². The van der Waals surface area contributed by atoms with E-state index in [2.05, 4.69) is 73.7 Å². The van der Waals surface area contributed by atoms with Crippen LogP contribution < -0.4 is 5.32 Å². The molecule has 2 atom stereocenters. The van der Waals surface area contributed by atoms with Gasteiger partial charge in [-0.15, -0.1) is 0 Å². The third kappa shape index (κ3) is 2.10. The number of fused-ring (bicyclic) bond motifs is 3. The number of aromatic nitrogens is 1. The zero-order chi connectivity index (χ0) is 14.1. The van der Waals surface area contributed by atoms with E-state index in [1.807, 2.05) is 0 Å². The Morgan fingerprint density at radius 2 is 1.80 bits per heavy atom. The number of H-pyrrole nitrogens is 1. The van der Waals surface area contributed by atoms with Gasteiger partial charge in [-0.2, -0.15) is 0 Å². The van der Waals surface area contributed by atoms with Gasteiger partial charge < -0.3 is 10.3 Å². The summed E-state index contributed by atoms with van der Waals surface area (Å²) in [6, 6.07) is 15.7. The number of rotatable bonds is 4. The summed E-state index contributed by atoms with van der Waals surface area (Å²) in [6.45, 7) is 4.56. The number of hydrogen-bond acceptors (Lipinski definition) is 1. The second-order valence-corrected chi connectivity index (χ2v) is 5.63. The smallest absolute Gasteiger partial charge is 0.0465 e. The first-order valence-corrected chi connectivity index (χ1v) is 7.42. The summed E-state index contributed by atoms with van der Waals surface area (Å²) in [5, 5.41) is 6.09. The summed E-state index contributed by atoms with van der Waals surface area (Å²) in [5.74, 6) is 0.627. The molecule has 2 aromatic carbocycles. The molecule has 3 rings (SSSR count). The molecule has 0 radical (unpaired) electrons. The lowest BCUT2D eigenvalue weighted by molar-refractivity contribution is 0.401. The summed E-state index contributed by atoms with van der Waals surface area (Å²) >= 11 is 0. The summed E-state index contributed by atoms with van der Waals surface area (Å²) in [5.41, 5.74) is 3.80. The van der Waals surface area contributed by atoms with Crippen molar-refractivity contribution in [1.29, 1.82) is 0 Å². The van der Waals surface area contributed by atoms with Gasteiger partial charge in [0.15, 0.2) is 0 Å². The predicted molar refractivity (Wildman–Crippen MR) is 87.1 cm³/mol. The minimum absolute atomic E-state index is 0.415. The lowest BCUT2D eigenvalue weighted by atomic mass is 9.92. The van der Waals surface area contributed by atoms with Gasteiger partial charge in [0.25, 0.3) is 0 Å². The van der Waals surface area contributed by atoms with E-state index >= 15 is 0 Å². The maximum absolute atomic E-state index is 3.48. The monoisotopic (exact) mass is 266 g/mol. The lowest BCUT2D eigenvalue weighted by Gasteiger charge is -2.23. The zero-order valence-corrected chi connectivity index (χ0v) is 12.4. The predicted octanol–water partition coefficient (Wildman–Crippen LogP) is 4.63. The van der Waals surface area contributed by atoms with Crippen molar-refractivity contribution in [3.05, 3.63) is 48.0 Å². The standard InChI is InChI=1S/C18H22N2/c1-4-12(2)18(19-3)13-9-10-17-15(11-13)14-7-5-6-8-16(14)20-17/h5-12,18-20H,4H2,1-3H3. The van der Waals surface area contributed by atoms with E-state index in [9.17, 15) is 0 Å². The molecule has 2 heteroatoms. The molecule has 0 amide bonds. The van der Waals surface area contributed by atoms with Crippen LogP contribution in [0, 0.1) is 5.92 Å². The van der Waals surface area contributed by atoms with Crippen LogP contribution in [0.1, 0.15) is 31.9 Å². The summed E-state index contributed by atoms with van der Waals surface area (Å²) in [6.07, 6.45) is 1.18. The fraction of sp³-hybridized carbons (Fsp3) is 0.333. The van der Waals surface area contributed by atoms with Crippen LogP contribution in [0.25, 0.3) is 21.8 Å². The summed E-state index contributed by atoms with van der Waals surface area (Å²) < 4.78 is 0. The first-order valence-electron chi connectivity index (χ1n) is 7.42. The molecule has 104 valence electrons. The highest BCUT2D eigenvalue weighted by Crippen LogP contribution is 2.30. The fourth-order valence-electron chi connectivity index (χ4n) is 3.07. The summed E-state index contributed by atoms with van der Waals surface area (Å²) in [4.78, 5) is 3.48. The third-order valence-electron chi connectivity index (χ3n) is 4.41. The highest BCUT2D eigenvalue weighted by Gasteiger charge is 2.16. The maximum atomic E-state index is 3.48. The van der Waals surface area contributed by atoms with Gasteiger partial charge in [-0.05, 0) is 36.7 Å². The average Bonchev–Trinajstić information content (AvgIpc) is 2.86. The van der Waals surface area contributed by atoms with E-state index < -0.39 is 0 Å². The molecule has 2 unspecified atom stereocenters. The highest BCUT2D eigenvalue weighted by atomic mass is 14.9. The van der Waals surface area contributed by atoms with Crippen LogP contribution in [0.5, 0.6) is 0 Å². The number of hydrogen-bond donors (Lipinski definition) is 2. The molecule has 0 aliphatic carbocycles. The Balaban J connectivity index is 2.16. The first-order chi connectivity index (χ1) is 9.74. The Morgan fingerprint density at radius 3 is 2.55 bits per heavy atom. The normalized spacial score (nSPS) is 14.8. The number of benzene rings is 2. The maximum Gasteiger partial charge on any atom is 0.0465 e.